The van der Waals surface area contributed by atoms with Crippen LogP contribution < -0.4 is 21.7 Å². The van der Waals surface area contributed by atoms with E-state index in [4.69, 9.17) is 25.7 Å². The van der Waals surface area contributed by atoms with Gasteiger partial charge in [0.1, 0.15) is 34.7 Å². The number of fused-ring (bicyclic) bond motifs is 2. The number of amides is 2. The van der Waals surface area contributed by atoms with Crippen molar-refractivity contribution >= 4 is 51.7 Å². The maximum atomic E-state index is 12.7. The van der Waals surface area contributed by atoms with E-state index in [2.05, 4.69) is 40.5 Å². The number of carbonyl (C=O) groups excluding carboxylic acids is 2. The maximum absolute atomic E-state index is 12.7. The van der Waals surface area contributed by atoms with Crippen molar-refractivity contribution < 1.29 is 23.8 Å². The van der Waals surface area contributed by atoms with Crippen LogP contribution >= 0.6 is 0 Å². The van der Waals surface area contributed by atoms with E-state index in [9.17, 15) is 14.7 Å². The van der Waals surface area contributed by atoms with Crippen LogP contribution in [0.3, 0.4) is 0 Å². The molecule has 0 radical (unpaired) electrons. The first-order valence-electron chi connectivity index (χ1n) is 17.2. The molecule has 2 amide bonds. The maximum Gasteiger partial charge on any atom is 0.292 e. The van der Waals surface area contributed by atoms with Crippen molar-refractivity contribution in [2.45, 2.75) is 38.8 Å². The largest absolute Gasteiger partial charge is 0.424 e. The van der Waals surface area contributed by atoms with Crippen molar-refractivity contribution in [3.8, 4) is 16.9 Å². The molecule has 0 saturated carbocycles. The number of ether oxygens (including phenoxy) is 1. The van der Waals surface area contributed by atoms with Crippen LogP contribution in [0, 0.1) is 0 Å². The highest BCUT2D eigenvalue weighted by Crippen LogP contribution is 2.32. The summed E-state index contributed by atoms with van der Waals surface area (Å²) >= 11 is 0. The number of aliphatic hydroxyl groups excluding tert-OH is 1. The van der Waals surface area contributed by atoms with E-state index in [1.807, 2.05) is 17.0 Å². The van der Waals surface area contributed by atoms with Crippen LogP contribution in [0.2, 0.25) is 0 Å². The van der Waals surface area contributed by atoms with E-state index in [0.717, 1.165) is 18.4 Å². The van der Waals surface area contributed by atoms with Gasteiger partial charge in [-0.15, -0.1) is 5.10 Å². The molecule has 1 aromatic carbocycles. The molecule has 0 atom stereocenters. The molecule has 20 nitrogen and oxygen atoms in total. The number of nitrogens with one attached hydrogen (secondary N) is 1. The molecule has 6 heterocycles. The highest BCUT2D eigenvalue weighted by atomic mass is 16.5. The lowest BCUT2D eigenvalue weighted by atomic mass is 10.1. The van der Waals surface area contributed by atoms with Crippen molar-refractivity contribution in [1.29, 1.82) is 0 Å². The number of benzene rings is 1. The SMILES string of the molecule is Nc1nc2cc(-c3nn(CCCCNC(=O)CCOCCC(=O)N4CCN(c5ncc(-n6cc(CO)nn6)cn5)CC4)c4ncnc(N)c34)ccc2o1. The Morgan fingerprint density at radius 3 is 2.60 bits per heavy atom. The number of aromatic nitrogens is 10. The van der Waals surface area contributed by atoms with Crippen LogP contribution in [-0.4, -0.2) is 117 Å². The third kappa shape index (κ3) is 8.12. The molecule has 53 heavy (non-hydrogen) atoms. The van der Waals surface area contributed by atoms with E-state index < -0.39 is 0 Å². The Bertz CT molecular complexity index is 2190. The first-order chi connectivity index (χ1) is 25.9. The normalized spacial score (nSPS) is 13.3. The first-order valence-corrected chi connectivity index (χ1v) is 17.2. The average molecular weight is 726 g/mol. The molecule has 6 N–H and O–H groups in total. The Morgan fingerprint density at radius 2 is 1.81 bits per heavy atom. The van der Waals surface area contributed by atoms with Gasteiger partial charge >= 0.3 is 0 Å². The molecule has 20 heteroatoms. The number of anilines is 3. The molecule has 0 bridgehead atoms. The minimum Gasteiger partial charge on any atom is -0.424 e. The lowest BCUT2D eigenvalue weighted by Crippen LogP contribution is -2.49. The second-order valence-corrected chi connectivity index (χ2v) is 12.4. The molecule has 0 spiro atoms. The van der Waals surface area contributed by atoms with Crippen LogP contribution in [0.5, 0.6) is 0 Å². The van der Waals surface area contributed by atoms with Crippen molar-refractivity contribution in [3.05, 3.63) is 48.8 Å². The van der Waals surface area contributed by atoms with E-state index in [-0.39, 0.29) is 50.5 Å². The number of nitrogens with two attached hydrogens (primary N) is 2. The van der Waals surface area contributed by atoms with Crippen LogP contribution in [0.1, 0.15) is 31.4 Å². The third-order valence-corrected chi connectivity index (χ3v) is 8.80. The van der Waals surface area contributed by atoms with Gasteiger partial charge in [-0.25, -0.2) is 29.3 Å². The number of piperazine rings is 1. The van der Waals surface area contributed by atoms with Gasteiger partial charge in [-0.1, -0.05) is 5.21 Å². The zero-order valence-corrected chi connectivity index (χ0v) is 28.8. The van der Waals surface area contributed by atoms with Gasteiger partial charge in [0.25, 0.3) is 6.01 Å². The molecule has 276 valence electrons. The highest BCUT2D eigenvalue weighted by molar-refractivity contribution is 5.99. The van der Waals surface area contributed by atoms with Crippen LogP contribution in [-0.2, 0) is 27.5 Å². The number of nitrogen functional groups attached to an aromatic ring is 2. The molecule has 5 aromatic heterocycles. The van der Waals surface area contributed by atoms with E-state index in [0.29, 0.717) is 90.2 Å². The zero-order chi connectivity index (χ0) is 36.7. The van der Waals surface area contributed by atoms with Gasteiger partial charge in [-0.2, -0.15) is 10.1 Å². The summed E-state index contributed by atoms with van der Waals surface area (Å²) in [4.78, 5) is 50.6. The van der Waals surface area contributed by atoms with Gasteiger partial charge in [0, 0.05) is 51.3 Å². The number of oxazole rings is 1. The third-order valence-electron chi connectivity index (χ3n) is 8.80. The lowest BCUT2D eigenvalue weighted by Gasteiger charge is -2.34. The summed E-state index contributed by atoms with van der Waals surface area (Å²) < 4.78 is 14.3. The highest BCUT2D eigenvalue weighted by Gasteiger charge is 2.23. The molecule has 1 saturated heterocycles. The van der Waals surface area contributed by atoms with Crippen molar-refractivity contribution in [2.24, 2.45) is 0 Å². The number of carbonyl (C=O) groups is 2. The fraction of sp³-hybridized carbons (Fsp3) is 0.394. The minimum absolute atomic E-state index is 0.00342. The molecule has 0 unspecified atom stereocenters. The van der Waals surface area contributed by atoms with E-state index >= 15 is 0 Å². The van der Waals surface area contributed by atoms with E-state index in [1.54, 1.807) is 34.2 Å². The lowest BCUT2D eigenvalue weighted by molar-refractivity contribution is -0.132. The first kappa shape index (κ1) is 35.1. The molecular weight excluding hydrogens is 686 g/mol. The Morgan fingerprint density at radius 1 is 1.00 bits per heavy atom. The summed E-state index contributed by atoms with van der Waals surface area (Å²) in [6, 6.07) is 5.57. The van der Waals surface area contributed by atoms with Crippen LogP contribution in [0.15, 0.2) is 47.5 Å². The molecule has 1 aliphatic heterocycles. The number of unbranched alkanes of at least 4 members (excludes halogenated alkanes) is 1. The fourth-order valence-corrected chi connectivity index (χ4v) is 6.02. The van der Waals surface area contributed by atoms with Crippen molar-refractivity contribution in [3.63, 3.8) is 0 Å². The summed E-state index contributed by atoms with van der Waals surface area (Å²) in [5.74, 6) is 0.780. The van der Waals surface area contributed by atoms with Crippen molar-refractivity contribution in [2.75, 3.05) is 62.3 Å². The van der Waals surface area contributed by atoms with E-state index in [1.165, 1.54) is 11.0 Å². The van der Waals surface area contributed by atoms with Crippen LogP contribution in [0.4, 0.5) is 17.8 Å². The number of aliphatic hydroxyl groups is 1. The summed E-state index contributed by atoms with van der Waals surface area (Å²) in [6.07, 6.45) is 8.21. The second-order valence-electron chi connectivity index (χ2n) is 12.4. The van der Waals surface area contributed by atoms with Crippen LogP contribution in [0.25, 0.3) is 39.1 Å². The topological polar surface area (TPSA) is 260 Å². The molecule has 7 rings (SSSR count). The summed E-state index contributed by atoms with van der Waals surface area (Å²) in [7, 11) is 0. The van der Waals surface area contributed by atoms with Gasteiger partial charge in [-0.3, -0.25) is 9.59 Å². The quantitative estimate of drug-likeness (QED) is 0.106. The predicted octanol–water partition coefficient (Wildman–Crippen LogP) is 0.704. The standard InChI is InChI=1S/C33H39N15O5/c34-30-28-29(21-3-4-25-24(15-21)41-32(35)53-25)43-47(31(28)40-20-39-30)8-2-1-7-36-26(50)5-13-52-14-6-27(51)45-9-11-46(12-10-45)33-37-16-23(17-38-33)48-18-22(19-49)42-44-48/h3-4,15-18,20,49H,1-2,5-14,19H2,(H2,35,41)(H,36,50)(H2,34,39,40). The van der Waals surface area contributed by atoms with Gasteiger partial charge in [0.2, 0.25) is 17.8 Å². The molecule has 1 fully saturated rings. The van der Waals surface area contributed by atoms with Gasteiger partial charge < -0.3 is 40.8 Å². The summed E-state index contributed by atoms with van der Waals surface area (Å²) in [5.41, 5.74) is 16.3. The Hall–Kier alpha value is -6.28. The monoisotopic (exact) mass is 725 g/mol. The minimum atomic E-state index is -0.195. The summed E-state index contributed by atoms with van der Waals surface area (Å²) in [6.45, 7) is 3.63. The van der Waals surface area contributed by atoms with Gasteiger partial charge in [0.15, 0.2) is 11.2 Å². The summed E-state index contributed by atoms with van der Waals surface area (Å²) in [5, 5.41) is 25.3. The molecule has 6 aromatic rings. The van der Waals surface area contributed by atoms with Crippen molar-refractivity contribution in [1.82, 2.24) is 59.9 Å². The smallest absolute Gasteiger partial charge is 0.292 e. The van der Waals surface area contributed by atoms with Gasteiger partial charge in [-0.05, 0) is 31.0 Å². The average Bonchev–Trinajstić information content (AvgIpc) is 3.91. The fourth-order valence-electron chi connectivity index (χ4n) is 6.02. The number of aryl methyl sites for hydroxylation is 1. The number of nitrogens with zero attached hydrogens (tertiary/aromatic N) is 12. The number of hydrogen-bond acceptors (Lipinski definition) is 16. The Kier molecular flexibility index (Phi) is 10.6. The number of hydrogen-bond donors (Lipinski definition) is 4. The second kappa shape index (κ2) is 15.9. The number of rotatable bonds is 15. The van der Waals surface area contributed by atoms with Gasteiger partial charge in [0.05, 0.1) is 50.2 Å². The molecule has 1 aliphatic rings. The molecule has 0 aliphatic carbocycles. The molecular formula is C33H39N15O5. The Balaban J connectivity index is 0.777. The predicted molar refractivity (Wildman–Crippen MR) is 191 cm³/mol. The zero-order valence-electron chi connectivity index (χ0n) is 28.8. The Labute approximate surface area is 302 Å².